The molecule has 0 radical (unpaired) electrons. The van der Waals surface area contributed by atoms with Crippen molar-refractivity contribution in [2.45, 2.75) is 0 Å². The van der Waals surface area contributed by atoms with Crippen molar-refractivity contribution in [3.05, 3.63) is 64.6 Å². The third-order valence-corrected chi connectivity index (χ3v) is 5.84. The van der Waals surface area contributed by atoms with E-state index >= 15 is 0 Å². The Balaban J connectivity index is 1.56. The van der Waals surface area contributed by atoms with Gasteiger partial charge < -0.3 is 23.9 Å². The molecule has 154 valence electrons. The summed E-state index contributed by atoms with van der Waals surface area (Å²) in [5, 5.41) is 1.02. The number of nitrogens with one attached hydrogen (secondary N) is 1. The molecule has 0 unspecified atom stereocenters. The third kappa shape index (κ3) is 3.07. The van der Waals surface area contributed by atoms with Crippen molar-refractivity contribution < 1.29 is 18.9 Å². The average Bonchev–Trinajstić information content (AvgIpc) is 3.51. The minimum Gasteiger partial charge on any atom is -0.454 e. The Morgan fingerprint density at radius 2 is 1.29 bits per heavy atom. The van der Waals surface area contributed by atoms with E-state index in [1.807, 2.05) is 36.4 Å². The fourth-order valence-corrected chi connectivity index (χ4v) is 4.31. The van der Waals surface area contributed by atoms with Gasteiger partial charge in [0.1, 0.15) is 5.82 Å². The van der Waals surface area contributed by atoms with Crippen LogP contribution in [-0.2, 0) is 0 Å². The minimum atomic E-state index is 0.203. The van der Waals surface area contributed by atoms with Gasteiger partial charge >= 0.3 is 0 Å². The summed E-state index contributed by atoms with van der Waals surface area (Å²) in [6, 6.07) is 16.8. The van der Waals surface area contributed by atoms with Crippen LogP contribution in [0.15, 0.2) is 54.6 Å². The van der Waals surface area contributed by atoms with Gasteiger partial charge in [-0.25, -0.2) is 4.98 Å². The van der Waals surface area contributed by atoms with E-state index in [9.17, 15) is 0 Å². The average molecular weight is 453 g/mol. The van der Waals surface area contributed by atoms with Crippen LogP contribution < -0.4 is 18.9 Å². The summed E-state index contributed by atoms with van der Waals surface area (Å²) in [7, 11) is 0. The maximum absolute atomic E-state index is 6.45. The van der Waals surface area contributed by atoms with Gasteiger partial charge in [0.15, 0.2) is 23.0 Å². The largest absolute Gasteiger partial charge is 0.454 e. The molecule has 0 fully saturated rings. The molecule has 31 heavy (non-hydrogen) atoms. The molecule has 0 aliphatic carbocycles. The molecule has 1 aromatic heterocycles. The number of halogens is 2. The van der Waals surface area contributed by atoms with Gasteiger partial charge in [-0.3, -0.25) is 0 Å². The summed E-state index contributed by atoms with van der Waals surface area (Å²) in [5.74, 6) is 3.34. The first kappa shape index (κ1) is 18.4. The van der Waals surface area contributed by atoms with Crippen molar-refractivity contribution in [3.63, 3.8) is 0 Å². The SMILES string of the molecule is Clc1cccc(Cl)c1-c1nc(-c2ccc3c(c2)OCO3)c(-c2ccc3c(c2)OCO3)[nH]1. The zero-order chi connectivity index (χ0) is 20.9. The smallest absolute Gasteiger partial charge is 0.231 e. The van der Waals surface area contributed by atoms with E-state index in [0.29, 0.717) is 44.4 Å². The fraction of sp³-hybridized carbons (Fsp3) is 0.0870. The number of nitrogens with zero attached hydrogens (tertiary/aromatic N) is 1. The molecule has 8 heteroatoms. The number of rotatable bonds is 3. The number of benzene rings is 3. The highest BCUT2D eigenvalue weighted by molar-refractivity contribution is 6.39. The molecular formula is C23H14Cl2N2O4. The molecule has 0 atom stereocenters. The summed E-state index contributed by atoms with van der Waals surface area (Å²) >= 11 is 12.9. The molecule has 6 rings (SSSR count). The Morgan fingerprint density at radius 1 is 0.710 bits per heavy atom. The number of aromatic nitrogens is 2. The molecule has 6 nitrogen and oxygen atoms in total. The molecule has 2 aliphatic rings. The number of hydrogen-bond donors (Lipinski definition) is 1. The fourth-order valence-electron chi connectivity index (χ4n) is 3.73. The number of imidazole rings is 1. The van der Waals surface area contributed by atoms with E-state index in [0.717, 1.165) is 22.5 Å². The Morgan fingerprint density at radius 3 is 1.97 bits per heavy atom. The van der Waals surface area contributed by atoms with Crippen molar-refractivity contribution in [1.29, 1.82) is 0 Å². The first-order valence-electron chi connectivity index (χ1n) is 9.52. The van der Waals surface area contributed by atoms with Gasteiger partial charge in [0.05, 0.1) is 27.0 Å². The van der Waals surface area contributed by atoms with Crippen molar-refractivity contribution >= 4 is 23.2 Å². The monoisotopic (exact) mass is 452 g/mol. The van der Waals surface area contributed by atoms with Crippen LogP contribution in [-0.4, -0.2) is 23.6 Å². The van der Waals surface area contributed by atoms with E-state index in [-0.39, 0.29) is 13.6 Å². The Bertz CT molecular complexity index is 1240. The number of H-pyrrole nitrogens is 1. The van der Waals surface area contributed by atoms with Crippen LogP contribution in [0.4, 0.5) is 0 Å². The summed E-state index contributed by atoms with van der Waals surface area (Å²) in [4.78, 5) is 8.28. The van der Waals surface area contributed by atoms with Crippen LogP contribution in [0.2, 0.25) is 10.0 Å². The van der Waals surface area contributed by atoms with Gasteiger partial charge in [-0.1, -0.05) is 29.3 Å². The molecule has 0 saturated heterocycles. The second-order valence-electron chi connectivity index (χ2n) is 7.04. The standard InChI is InChI=1S/C23H14Cl2N2O4/c24-14-2-1-3-15(25)20(14)23-26-21(12-4-6-16-18(8-12)30-10-28-16)22(27-23)13-5-7-17-19(9-13)31-11-29-17/h1-9H,10-11H2,(H,26,27). The van der Waals surface area contributed by atoms with Crippen LogP contribution in [0.1, 0.15) is 0 Å². The molecule has 0 amide bonds. The van der Waals surface area contributed by atoms with Gasteiger partial charge in [0.2, 0.25) is 13.6 Å². The summed E-state index contributed by atoms with van der Waals surface area (Å²) in [6.07, 6.45) is 0. The molecule has 3 aromatic carbocycles. The number of ether oxygens (including phenoxy) is 4. The number of aromatic amines is 1. The van der Waals surface area contributed by atoms with Crippen molar-refractivity contribution in [2.24, 2.45) is 0 Å². The Hall–Kier alpha value is -3.35. The minimum absolute atomic E-state index is 0.203. The van der Waals surface area contributed by atoms with Gasteiger partial charge in [0.25, 0.3) is 0 Å². The van der Waals surface area contributed by atoms with Crippen LogP contribution in [0.25, 0.3) is 33.9 Å². The van der Waals surface area contributed by atoms with E-state index in [1.54, 1.807) is 18.2 Å². The van der Waals surface area contributed by atoms with Crippen LogP contribution in [0.3, 0.4) is 0 Å². The third-order valence-electron chi connectivity index (χ3n) is 5.21. The maximum atomic E-state index is 6.45. The highest BCUT2D eigenvalue weighted by Crippen LogP contribution is 2.43. The van der Waals surface area contributed by atoms with E-state index in [2.05, 4.69) is 4.98 Å². The summed E-state index contributed by atoms with van der Waals surface area (Å²) < 4.78 is 22.0. The molecule has 2 aliphatic heterocycles. The molecule has 0 bridgehead atoms. The molecule has 3 heterocycles. The van der Waals surface area contributed by atoms with Gasteiger partial charge in [0, 0.05) is 11.1 Å². The predicted molar refractivity (Wildman–Crippen MR) is 117 cm³/mol. The van der Waals surface area contributed by atoms with Crippen LogP contribution in [0, 0.1) is 0 Å². The lowest BCUT2D eigenvalue weighted by Crippen LogP contribution is -1.93. The molecule has 1 N–H and O–H groups in total. The predicted octanol–water partition coefficient (Wildman–Crippen LogP) is 6.17. The summed E-state index contributed by atoms with van der Waals surface area (Å²) in [6.45, 7) is 0.409. The van der Waals surface area contributed by atoms with Crippen LogP contribution in [0.5, 0.6) is 23.0 Å². The van der Waals surface area contributed by atoms with E-state index < -0.39 is 0 Å². The van der Waals surface area contributed by atoms with E-state index in [1.165, 1.54) is 0 Å². The van der Waals surface area contributed by atoms with Gasteiger partial charge in [-0.05, 0) is 48.5 Å². The Labute approximate surface area is 187 Å². The second kappa shape index (κ2) is 7.11. The molecular weight excluding hydrogens is 439 g/mol. The Kier molecular flexibility index (Phi) is 4.23. The molecule has 4 aromatic rings. The zero-order valence-corrected chi connectivity index (χ0v) is 17.5. The lowest BCUT2D eigenvalue weighted by molar-refractivity contribution is 0.173. The quantitative estimate of drug-likeness (QED) is 0.402. The van der Waals surface area contributed by atoms with Crippen molar-refractivity contribution in [1.82, 2.24) is 9.97 Å². The van der Waals surface area contributed by atoms with Gasteiger partial charge in [-0.2, -0.15) is 0 Å². The lowest BCUT2D eigenvalue weighted by atomic mass is 10.0. The summed E-state index contributed by atoms with van der Waals surface area (Å²) in [5.41, 5.74) is 3.91. The zero-order valence-electron chi connectivity index (χ0n) is 15.9. The van der Waals surface area contributed by atoms with Crippen molar-refractivity contribution in [3.8, 4) is 56.9 Å². The highest BCUT2D eigenvalue weighted by Gasteiger charge is 2.23. The first-order valence-corrected chi connectivity index (χ1v) is 10.3. The topological polar surface area (TPSA) is 65.6 Å². The maximum Gasteiger partial charge on any atom is 0.231 e. The number of hydrogen-bond acceptors (Lipinski definition) is 5. The molecule has 0 saturated carbocycles. The second-order valence-corrected chi connectivity index (χ2v) is 7.86. The normalized spacial score (nSPS) is 13.6. The van der Waals surface area contributed by atoms with Gasteiger partial charge in [-0.15, -0.1) is 0 Å². The van der Waals surface area contributed by atoms with E-state index in [4.69, 9.17) is 47.1 Å². The molecule has 0 spiro atoms. The van der Waals surface area contributed by atoms with Crippen LogP contribution >= 0.6 is 23.2 Å². The first-order chi connectivity index (χ1) is 15.2. The van der Waals surface area contributed by atoms with Crippen molar-refractivity contribution in [2.75, 3.05) is 13.6 Å². The lowest BCUT2D eigenvalue weighted by Gasteiger charge is -2.06. The highest BCUT2D eigenvalue weighted by atomic mass is 35.5. The number of fused-ring (bicyclic) bond motifs is 2.